The highest BCUT2D eigenvalue weighted by Crippen LogP contribution is 2.36. The van der Waals surface area contributed by atoms with Crippen molar-refractivity contribution in [3.8, 4) is 0 Å². The molecule has 0 spiro atoms. The fourth-order valence-electron chi connectivity index (χ4n) is 3.50. The predicted octanol–water partition coefficient (Wildman–Crippen LogP) is 4.35. The van der Waals surface area contributed by atoms with E-state index < -0.39 is 0 Å². The van der Waals surface area contributed by atoms with Crippen LogP contribution >= 0.6 is 11.6 Å². The highest BCUT2D eigenvalue weighted by molar-refractivity contribution is 6.30. The molecule has 1 aromatic rings. The summed E-state index contributed by atoms with van der Waals surface area (Å²) in [5.41, 5.74) is 0.475. The third-order valence-electron chi connectivity index (χ3n) is 4.55. The summed E-state index contributed by atoms with van der Waals surface area (Å²) in [5.74, 6) is -0.192. The molecule has 1 N–H and O–H groups in total. The Balaban J connectivity index is 2.22. The summed E-state index contributed by atoms with van der Waals surface area (Å²) in [5, 5.41) is 3.94. The smallest absolute Gasteiger partial charge is 0.126 e. The van der Waals surface area contributed by atoms with E-state index in [-0.39, 0.29) is 17.5 Å². The van der Waals surface area contributed by atoms with E-state index in [1.54, 1.807) is 12.1 Å². The van der Waals surface area contributed by atoms with Crippen LogP contribution in [-0.4, -0.2) is 25.3 Å². The number of likely N-dealkylation sites (N-methyl/N-ethyl adjacent to an activating group) is 1. The summed E-state index contributed by atoms with van der Waals surface area (Å²) in [6.07, 6.45) is 6.29. The highest BCUT2D eigenvalue weighted by atomic mass is 35.5. The molecule has 0 aliphatic heterocycles. The van der Waals surface area contributed by atoms with Crippen LogP contribution in [0.2, 0.25) is 5.02 Å². The molecule has 0 heterocycles. The molecule has 21 heavy (non-hydrogen) atoms. The average molecular weight is 314 g/mol. The zero-order valence-electron chi connectivity index (χ0n) is 12.9. The van der Waals surface area contributed by atoms with Crippen molar-refractivity contribution in [2.24, 2.45) is 0 Å². The second-order valence-electron chi connectivity index (χ2n) is 5.84. The zero-order chi connectivity index (χ0) is 15.3. The van der Waals surface area contributed by atoms with Crippen molar-refractivity contribution in [2.45, 2.75) is 57.1 Å². The van der Waals surface area contributed by atoms with E-state index in [9.17, 15) is 4.39 Å². The molecule has 1 unspecified atom stereocenters. The highest BCUT2D eigenvalue weighted by Gasteiger charge is 2.40. The van der Waals surface area contributed by atoms with Gasteiger partial charge < -0.3 is 10.1 Å². The van der Waals surface area contributed by atoms with E-state index in [1.165, 1.54) is 25.3 Å². The maximum absolute atomic E-state index is 14.0. The van der Waals surface area contributed by atoms with Gasteiger partial charge >= 0.3 is 0 Å². The molecular formula is C17H25ClFNO. The van der Waals surface area contributed by atoms with E-state index >= 15 is 0 Å². The summed E-state index contributed by atoms with van der Waals surface area (Å²) in [4.78, 5) is 0. The van der Waals surface area contributed by atoms with Gasteiger partial charge in [0.25, 0.3) is 0 Å². The lowest BCUT2D eigenvalue weighted by atomic mass is 9.77. The third-order valence-corrected chi connectivity index (χ3v) is 4.78. The van der Waals surface area contributed by atoms with Gasteiger partial charge in [-0.2, -0.15) is 0 Å². The van der Waals surface area contributed by atoms with E-state index in [4.69, 9.17) is 16.3 Å². The van der Waals surface area contributed by atoms with Crippen LogP contribution < -0.4 is 5.32 Å². The van der Waals surface area contributed by atoms with Gasteiger partial charge in [-0.05, 0) is 57.0 Å². The van der Waals surface area contributed by atoms with Crippen LogP contribution in [0.15, 0.2) is 18.2 Å². The van der Waals surface area contributed by atoms with Gasteiger partial charge in [-0.15, -0.1) is 0 Å². The first kappa shape index (κ1) is 16.7. The Labute approximate surface area is 132 Å². The first-order valence-corrected chi connectivity index (χ1v) is 8.24. The van der Waals surface area contributed by atoms with Gasteiger partial charge in [0, 0.05) is 17.7 Å². The van der Waals surface area contributed by atoms with Crippen LogP contribution in [0.5, 0.6) is 0 Å². The van der Waals surface area contributed by atoms with Gasteiger partial charge in [0.15, 0.2) is 0 Å². The first-order chi connectivity index (χ1) is 10.1. The molecular weight excluding hydrogens is 289 g/mol. The molecule has 0 aromatic heterocycles. The maximum Gasteiger partial charge on any atom is 0.126 e. The average Bonchev–Trinajstić information content (AvgIpc) is 2.49. The van der Waals surface area contributed by atoms with Gasteiger partial charge in [0.1, 0.15) is 5.82 Å². The van der Waals surface area contributed by atoms with Gasteiger partial charge in [-0.3, -0.25) is 0 Å². The van der Waals surface area contributed by atoms with Crippen LogP contribution in [0.3, 0.4) is 0 Å². The van der Waals surface area contributed by atoms with Crippen molar-refractivity contribution >= 4 is 11.6 Å². The van der Waals surface area contributed by atoms with Crippen LogP contribution in [0, 0.1) is 5.82 Å². The standard InChI is InChI=1S/C17H25ClFNO/c1-3-21-17(9-5-4-6-10-17)16(20-2)12-13-11-14(18)7-8-15(13)19/h7-8,11,16,20H,3-6,9-10,12H2,1-2H3. The van der Waals surface area contributed by atoms with Crippen molar-refractivity contribution in [3.05, 3.63) is 34.6 Å². The Morgan fingerprint density at radius 1 is 1.33 bits per heavy atom. The lowest BCUT2D eigenvalue weighted by Gasteiger charge is -2.43. The van der Waals surface area contributed by atoms with Gasteiger partial charge in [0.05, 0.1) is 5.60 Å². The van der Waals surface area contributed by atoms with E-state index in [2.05, 4.69) is 5.32 Å². The summed E-state index contributed by atoms with van der Waals surface area (Å²) >= 11 is 6.01. The predicted molar refractivity (Wildman–Crippen MR) is 85.4 cm³/mol. The Bertz CT molecular complexity index is 455. The Morgan fingerprint density at radius 3 is 2.67 bits per heavy atom. The Kier molecular flexibility index (Phi) is 6.03. The fraction of sp³-hybridized carbons (Fsp3) is 0.647. The normalized spacial score (nSPS) is 19.4. The number of rotatable bonds is 6. The van der Waals surface area contributed by atoms with Crippen molar-refractivity contribution in [3.63, 3.8) is 0 Å². The zero-order valence-corrected chi connectivity index (χ0v) is 13.7. The Morgan fingerprint density at radius 2 is 2.05 bits per heavy atom. The molecule has 4 heteroatoms. The molecule has 1 fully saturated rings. The SMILES string of the molecule is CCOC1(C(Cc2cc(Cl)ccc2F)NC)CCCCC1. The number of halogens is 2. The van der Waals surface area contributed by atoms with E-state index in [1.807, 2.05) is 14.0 Å². The molecule has 1 aliphatic rings. The van der Waals surface area contributed by atoms with E-state index in [0.29, 0.717) is 23.6 Å². The molecule has 1 saturated carbocycles. The van der Waals surface area contributed by atoms with Gasteiger partial charge in [-0.25, -0.2) is 4.39 Å². The number of ether oxygens (including phenoxy) is 1. The van der Waals surface area contributed by atoms with Crippen molar-refractivity contribution in [2.75, 3.05) is 13.7 Å². The fourth-order valence-corrected chi connectivity index (χ4v) is 3.70. The van der Waals surface area contributed by atoms with Crippen LogP contribution in [0.25, 0.3) is 0 Å². The molecule has 1 aliphatic carbocycles. The van der Waals surface area contributed by atoms with Gasteiger partial charge in [-0.1, -0.05) is 30.9 Å². The molecule has 1 atom stereocenters. The van der Waals surface area contributed by atoms with Crippen LogP contribution in [0.1, 0.15) is 44.6 Å². The maximum atomic E-state index is 14.0. The lowest BCUT2D eigenvalue weighted by molar-refractivity contribution is -0.0884. The summed E-state index contributed by atoms with van der Waals surface area (Å²) < 4.78 is 20.2. The third kappa shape index (κ3) is 3.97. The quantitative estimate of drug-likeness (QED) is 0.843. The summed E-state index contributed by atoms with van der Waals surface area (Å²) in [6.45, 7) is 2.72. The van der Waals surface area contributed by atoms with Crippen molar-refractivity contribution in [1.82, 2.24) is 5.32 Å². The summed E-state index contributed by atoms with van der Waals surface area (Å²) in [7, 11) is 1.93. The van der Waals surface area contributed by atoms with Crippen LogP contribution in [-0.2, 0) is 11.2 Å². The lowest BCUT2D eigenvalue weighted by Crippen LogP contribution is -2.54. The minimum Gasteiger partial charge on any atom is -0.374 e. The minimum atomic E-state index is -0.192. The molecule has 2 rings (SSSR count). The molecule has 2 nitrogen and oxygen atoms in total. The second-order valence-corrected chi connectivity index (χ2v) is 6.28. The monoisotopic (exact) mass is 313 g/mol. The Hall–Kier alpha value is -0.640. The van der Waals surface area contributed by atoms with Crippen molar-refractivity contribution in [1.29, 1.82) is 0 Å². The molecule has 0 saturated heterocycles. The molecule has 1 aromatic carbocycles. The largest absolute Gasteiger partial charge is 0.374 e. The van der Waals surface area contributed by atoms with Crippen LogP contribution in [0.4, 0.5) is 4.39 Å². The molecule has 118 valence electrons. The number of hydrogen-bond acceptors (Lipinski definition) is 2. The number of hydrogen-bond donors (Lipinski definition) is 1. The van der Waals surface area contributed by atoms with Crippen molar-refractivity contribution < 1.29 is 9.13 Å². The van der Waals surface area contributed by atoms with Gasteiger partial charge in [0.2, 0.25) is 0 Å². The van der Waals surface area contributed by atoms with E-state index in [0.717, 1.165) is 12.8 Å². The number of benzene rings is 1. The first-order valence-electron chi connectivity index (χ1n) is 7.86. The summed E-state index contributed by atoms with van der Waals surface area (Å²) in [6, 6.07) is 4.86. The second kappa shape index (κ2) is 7.57. The number of nitrogens with one attached hydrogen (secondary N) is 1. The topological polar surface area (TPSA) is 21.3 Å². The molecule has 0 radical (unpaired) electrons. The molecule has 0 amide bonds. The molecule has 0 bridgehead atoms. The minimum absolute atomic E-state index is 0.103.